The summed E-state index contributed by atoms with van der Waals surface area (Å²) in [7, 11) is 2.94. The van der Waals surface area contributed by atoms with Gasteiger partial charge >= 0.3 is 5.97 Å². The second kappa shape index (κ2) is 13.3. The number of oxime groups is 1. The molecule has 3 rings (SSSR count). The number of nitrogens with zero attached hydrogens (tertiary/aromatic N) is 3. The Bertz CT molecular complexity index is 1120. The highest BCUT2D eigenvalue weighted by atomic mass is 16.7. The van der Waals surface area contributed by atoms with Crippen molar-refractivity contribution < 1.29 is 42.9 Å². The fraction of sp³-hybridized carbons (Fsp3) is 0.458. The van der Waals surface area contributed by atoms with Gasteiger partial charge in [-0.3, -0.25) is 14.7 Å². The number of hydrogen-bond donors (Lipinski definition) is 1. The third-order valence-corrected chi connectivity index (χ3v) is 5.32. The summed E-state index contributed by atoms with van der Waals surface area (Å²) < 4.78 is 27.3. The summed E-state index contributed by atoms with van der Waals surface area (Å²) in [6, 6.07) is 4.78. The van der Waals surface area contributed by atoms with E-state index >= 15 is 0 Å². The number of Topliss-reactive ketones (excluding diaryl/α,β-unsaturated/α-hetero) is 1. The third-order valence-electron chi connectivity index (χ3n) is 5.32. The Kier molecular flexibility index (Phi) is 9.84. The van der Waals surface area contributed by atoms with E-state index in [-0.39, 0.29) is 49.4 Å². The van der Waals surface area contributed by atoms with E-state index in [1.54, 1.807) is 25.1 Å². The summed E-state index contributed by atoms with van der Waals surface area (Å²) in [5.41, 5.74) is 0.589. The van der Waals surface area contributed by atoms with Crippen molar-refractivity contribution in [1.82, 2.24) is 15.1 Å². The van der Waals surface area contributed by atoms with Crippen LogP contribution in [0.5, 0.6) is 17.2 Å². The number of aromatic nitrogens is 2. The number of amides is 1. The van der Waals surface area contributed by atoms with Crippen LogP contribution in [-0.2, 0) is 23.9 Å². The largest absolute Gasteiger partial charge is 0.493 e. The Labute approximate surface area is 213 Å². The predicted octanol–water partition coefficient (Wildman–Crippen LogP) is 1.22. The van der Waals surface area contributed by atoms with Crippen molar-refractivity contribution in [2.45, 2.75) is 20.0 Å². The third kappa shape index (κ3) is 6.97. The number of ether oxygens (including phenoxy) is 5. The fourth-order valence-corrected chi connectivity index (χ4v) is 3.59. The lowest BCUT2D eigenvalue weighted by molar-refractivity contribution is -0.148. The maximum atomic E-state index is 13.3. The molecule has 13 nitrogen and oxygen atoms in total. The van der Waals surface area contributed by atoms with Crippen molar-refractivity contribution >= 4 is 23.4 Å². The van der Waals surface area contributed by atoms with Gasteiger partial charge in [0.15, 0.2) is 23.0 Å². The number of morpholine rings is 1. The summed E-state index contributed by atoms with van der Waals surface area (Å²) in [5.74, 6) is -0.346. The highest BCUT2D eigenvalue weighted by molar-refractivity contribution is 6.44. The Morgan fingerprint density at radius 1 is 1.19 bits per heavy atom. The highest BCUT2D eigenvalue weighted by Crippen LogP contribution is 2.40. The molecule has 0 saturated carbocycles. The number of esters is 1. The molecule has 1 saturated heterocycles. The first-order chi connectivity index (χ1) is 17.9. The molecule has 0 spiro atoms. The summed E-state index contributed by atoms with van der Waals surface area (Å²) in [6.07, 6.45) is 0.949. The number of H-pyrrole nitrogens is 1. The molecule has 1 aromatic carbocycles. The van der Waals surface area contributed by atoms with Gasteiger partial charge in [-0.1, -0.05) is 5.16 Å². The van der Waals surface area contributed by atoms with E-state index < -0.39 is 24.6 Å². The van der Waals surface area contributed by atoms with E-state index in [1.807, 2.05) is 0 Å². The number of methoxy groups -OCH3 is 2. The maximum absolute atomic E-state index is 13.3. The van der Waals surface area contributed by atoms with Gasteiger partial charge in [0.05, 0.1) is 45.2 Å². The van der Waals surface area contributed by atoms with Gasteiger partial charge in [0.2, 0.25) is 12.4 Å². The van der Waals surface area contributed by atoms with E-state index in [1.165, 1.54) is 32.2 Å². The van der Waals surface area contributed by atoms with Crippen molar-refractivity contribution in [3.63, 3.8) is 0 Å². The highest BCUT2D eigenvalue weighted by Gasteiger charge is 2.30. The monoisotopic (exact) mass is 518 g/mol. The van der Waals surface area contributed by atoms with Crippen LogP contribution >= 0.6 is 0 Å². The van der Waals surface area contributed by atoms with Crippen molar-refractivity contribution in [3.8, 4) is 17.2 Å². The van der Waals surface area contributed by atoms with Crippen LogP contribution in [0.4, 0.5) is 0 Å². The van der Waals surface area contributed by atoms with Crippen molar-refractivity contribution in [2.75, 3.05) is 53.7 Å². The minimum atomic E-state index is -0.607. The predicted molar refractivity (Wildman–Crippen MR) is 129 cm³/mol. The van der Waals surface area contributed by atoms with Gasteiger partial charge in [0.1, 0.15) is 12.7 Å². The zero-order valence-electron chi connectivity index (χ0n) is 21.1. The lowest BCUT2D eigenvalue weighted by Gasteiger charge is -2.33. The number of carbonyl (C=O) groups excluding carboxylic acids is 3. The molecule has 1 fully saturated rings. The molecule has 0 radical (unpaired) electrons. The molecule has 0 aliphatic carbocycles. The molecule has 200 valence electrons. The van der Waals surface area contributed by atoms with Gasteiger partial charge in [0.25, 0.3) is 5.91 Å². The van der Waals surface area contributed by atoms with Crippen LogP contribution in [0, 0.1) is 0 Å². The molecule has 1 aliphatic rings. The first-order valence-electron chi connectivity index (χ1n) is 11.5. The van der Waals surface area contributed by atoms with Crippen molar-refractivity contribution in [2.24, 2.45) is 5.16 Å². The van der Waals surface area contributed by atoms with Crippen LogP contribution < -0.4 is 14.2 Å². The second-order valence-electron chi connectivity index (χ2n) is 7.78. The van der Waals surface area contributed by atoms with Crippen molar-refractivity contribution in [1.29, 1.82) is 0 Å². The van der Waals surface area contributed by atoms with Crippen LogP contribution in [0.2, 0.25) is 0 Å². The number of hydrogen-bond acceptors (Lipinski definition) is 11. The molecular weight excluding hydrogens is 488 g/mol. The first-order valence-corrected chi connectivity index (χ1v) is 11.5. The molecular formula is C24H30N4O9. The van der Waals surface area contributed by atoms with Crippen LogP contribution in [0.3, 0.4) is 0 Å². The molecule has 2 heterocycles. The molecule has 2 aromatic rings. The Hall–Kier alpha value is -4.13. The number of benzene rings is 1. The van der Waals surface area contributed by atoms with Gasteiger partial charge in [-0.25, -0.2) is 4.79 Å². The zero-order chi connectivity index (χ0) is 26.8. The van der Waals surface area contributed by atoms with E-state index in [2.05, 4.69) is 15.4 Å². The Morgan fingerprint density at radius 2 is 2.00 bits per heavy atom. The summed E-state index contributed by atoms with van der Waals surface area (Å²) in [4.78, 5) is 43.6. The molecule has 0 bridgehead atoms. The lowest BCUT2D eigenvalue weighted by Crippen LogP contribution is -2.50. The van der Waals surface area contributed by atoms with Gasteiger partial charge in [-0.05, 0) is 32.0 Å². The summed E-state index contributed by atoms with van der Waals surface area (Å²) >= 11 is 0. The van der Waals surface area contributed by atoms with Crippen LogP contribution in [0.1, 0.15) is 29.9 Å². The fourth-order valence-electron chi connectivity index (χ4n) is 3.59. The van der Waals surface area contributed by atoms with E-state index in [0.29, 0.717) is 23.6 Å². The molecule has 1 atom stereocenters. The van der Waals surface area contributed by atoms with Crippen LogP contribution in [-0.4, -0.2) is 98.3 Å². The molecule has 1 amide bonds. The van der Waals surface area contributed by atoms with E-state index in [0.717, 1.165) is 0 Å². The van der Waals surface area contributed by atoms with Crippen molar-refractivity contribution in [3.05, 3.63) is 35.7 Å². The number of nitrogens with one attached hydrogen (secondary N) is 1. The summed E-state index contributed by atoms with van der Waals surface area (Å²) in [5, 5.41) is 10.4. The number of rotatable bonds is 12. The lowest BCUT2D eigenvalue weighted by atomic mass is 10.1. The minimum absolute atomic E-state index is 0.0312. The quantitative estimate of drug-likeness (QED) is 0.188. The van der Waals surface area contributed by atoms with Crippen LogP contribution in [0.15, 0.2) is 29.6 Å². The molecule has 1 N–H and O–H groups in total. The first kappa shape index (κ1) is 27.5. The second-order valence-corrected chi connectivity index (χ2v) is 7.78. The standard InChI is InChI=1S/C24H30N4O9/c1-5-34-20(30)14-37-27-21(18-8-9-25-26-18)24(31)28-10-11-35-16(12-28)13-36-22-17(15(2)29)6-7-19(32-3)23(22)33-4/h6-9,16H,5,10-14H2,1-4H3,(H,25,26)/b27-21+. The van der Waals surface area contributed by atoms with Gasteiger partial charge < -0.3 is 33.4 Å². The average molecular weight is 519 g/mol. The van der Waals surface area contributed by atoms with Crippen LogP contribution in [0.25, 0.3) is 0 Å². The number of aromatic amines is 1. The average Bonchev–Trinajstić information content (AvgIpc) is 3.43. The maximum Gasteiger partial charge on any atom is 0.347 e. The zero-order valence-corrected chi connectivity index (χ0v) is 21.1. The Morgan fingerprint density at radius 3 is 2.65 bits per heavy atom. The summed E-state index contributed by atoms with van der Waals surface area (Å²) in [6.45, 7) is 3.59. The van der Waals surface area contributed by atoms with Gasteiger partial charge in [0, 0.05) is 12.7 Å². The van der Waals surface area contributed by atoms with Gasteiger partial charge in [-0.15, -0.1) is 0 Å². The molecule has 1 aliphatic heterocycles. The molecule has 13 heteroatoms. The van der Waals surface area contributed by atoms with Gasteiger partial charge in [-0.2, -0.15) is 5.10 Å². The smallest absolute Gasteiger partial charge is 0.347 e. The normalized spacial score (nSPS) is 15.6. The Balaban J connectivity index is 1.72. The molecule has 1 aromatic heterocycles. The minimum Gasteiger partial charge on any atom is -0.493 e. The number of carbonyl (C=O) groups is 3. The topological polar surface area (TPSA) is 151 Å². The van der Waals surface area contributed by atoms with E-state index in [9.17, 15) is 14.4 Å². The SMILES string of the molecule is CCOC(=O)CO/N=C(/C(=O)N1CCOC(COc2c(C(C)=O)ccc(OC)c2OC)C1)c1ccn[nH]1. The molecule has 37 heavy (non-hydrogen) atoms. The van der Waals surface area contributed by atoms with E-state index in [4.69, 9.17) is 28.5 Å². The molecule has 1 unspecified atom stereocenters. The number of ketones is 1.